The Morgan fingerprint density at radius 3 is 2.70 bits per heavy atom. The third-order valence-electron chi connectivity index (χ3n) is 2.74. The number of sulfonamides is 1. The van der Waals surface area contributed by atoms with E-state index in [0.717, 1.165) is 23.2 Å². The summed E-state index contributed by atoms with van der Waals surface area (Å²) in [5.41, 5.74) is 1.20. The fraction of sp³-hybridized carbons (Fsp3) is 0.0667. The van der Waals surface area contributed by atoms with Crippen LogP contribution in [0.25, 0.3) is 6.08 Å². The number of nitrogens with zero attached hydrogens (tertiary/aromatic N) is 1. The van der Waals surface area contributed by atoms with Crippen LogP contribution < -0.4 is 4.72 Å². The lowest BCUT2D eigenvalue weighted by atomic mass is 10.2. The van der Waals surface area contributed by atoms with Gasteiger partial charge in [0.15, 0.2) is 0 Å². The van der Waals surface area contributed by atoms with Gasteiger partial charge in [-0.2, -0.15) is 0 Å². The number of aryl methyl sites for hydroxylation is 1. The Balaban J connectivity index is 2.16. The van der Waals surface area contributed by atoms with E-state index in [-0.39, 0.29) is 10.0 Å². The number of rotatable bonds is 4. The summed E-state index contributed by atoms with van der Waals surface area (Å²) in [5, 5.41) is 0.851. The summed E-state index contributed by atoms with van der Waals surface area (Å²) in [7, 11) is -4.00. The van der Waals surface area contributed by atoms with E-state index in [0.29, 0.717) is 5.69 Å². The summed E-state index contributed by atoms with van der Waals surface area (Å²) in [6.45, 7) is 1.78. The monoisotopic (exact) mass is 398 g/mol. The molecule has 0 aliphatic carbocycles. The molecule has 8 heteroatoms. The molecule has 0 spiro atoms. The Morgan fingerprint density at radius 2 is 2.04 bits per heavy atom. The topological polar surface area (TPSA) is 76.1 Å². The summed E-state index contributed by atoms with van der Waals surface area (Å²) >= 11 is 3.02. The molecule has 1 aromatic carbocycles. The number of carbonyl (C=O) groups excluding carboxylic acids is 1. The molecular formula is C15H12BrFN2O3S. The van der Waals surface area contributed by atoms with Crippen molar-refractivity contribution in [2.75, 3.05) is 0 Å². The molecule has 1 aromatic heterocycles. The zero-order valence-corrected chi connectivity index (χ0v) is 14.4. The molecule has 0 atom stereocenters. The number of hydrogen-bond acceptors (Lipinski definition) is 4. The van der Waals surface area contributed by atoms with Gasteiger partial charge in [0.05, 0.1) is 16.7 Å². The predicted octanol–water partition coefficient (Wildman–Crippen LogP) is 3.02. The lowest BCUT2D eigenvalue weighted by molar-refractivity contribution is 0.0981. The van der Waals surface area contributed by atoms with Crippen LogP contribution in [0.3, 0.4) is 0 Å². The SMILES string of the molecule is Cc1cccc(/C=C/S(=O)(=O)NC(=O)c2ccc(F)cc2Br)n1. The van der Waals surface area contributed by atoms with Crippen molar-refractivity contribution in [3.63, 3.8) is 0 Å². The summed E-state index contributed by atoms with van der Waals surface area (Å²) in [4.78, 5) is 16.1. The van der Waals surface area contributed by atoms with Crippen molar-refractivity contribution in [1.82, 2.24) is 9.71 Å². The molecule has 0 radical (unpaired) electrons. The Kier molecular flexibility index (Phi) is 5.27. The smallest absolute Gasteiger partial charge is 0.266 e. The second-order valence-corrected chi connectivity index (χ2v) is 7.03. The second-order valence-electron chi connectivity index (χ2n) is 4.61. The molecule has 0 saturated heterocycles. The molecule has 1 N–H and O–H groups in total. The van der Waals surface area contributed by atoms with E-state index in [1.165, 1.54) is 12.1 Å². The van der Waals surface area contributed by atoms with Crippen molar-refractivity contribution >= 4 is 37.9 Å². The molecule has 120 valence electrons. The molecule has 5 nitrogen and oxygen atoms in total. The molecular weight excluding hydrogens is 387 g/mol. The van der Waals surface area contributed by atoms with Crippen molar-refractivity contribution in [2.45, 2.75) is 6.92 Å². The normalized spacial score (nSPS) is 11.6. The third kappa shape index (κ3) is 4.97. The van der Waals surface area contributed by atoms with E-state index in [4.69, 9.17) is 0 Å². The second kappa shape index (κ2) is 7.01. The summed E-state index contributed by atoms with van der Waals surface area (Å²) in [6, 6.07) is 8.49. The number of pyridine rings is 1. The maximum Gasteiger partial charge on any atom is 0.266 e. The number of aromatic nitrogens is 1. The van der Waals surface area contributed by atoms with Crippen LogP contribution in [0.1, 0.15) is 21.7 Å². The molecule has 0 fully saturated rings. The van der Waals surface area contributed by atoms with Gasteiger partial charge in [-0.25, -0.2) is 17.5 Å². The quantitative estimate of drug-likeness (QED) is 0.858. The summed E-state index contributed by atoms with van der Waals surface area (Å²) in [6.07, 6.45) is 1.28. The average molecular weight is 399 g/mol. The van der Waals surface area contributed by atoms with Gasteiger partial charge in [-0.15, -0.1) is 0 Å². The van der Waals surface area contributed by atoms with Gasteiger partial charge in [-0.3, -0.25) is 9.78 Å². The number of nitrogens with one attached hydrogen (secondary N) is 1. The first kappa shape index (κ1) is 17.3. The Labute approximate surface area is 141 Å². The maximum absolute atomic E-state index is 13.0. The Hall–Kier alpha value is -2.06. The van der Waals surface area contributed by atoms with Gasteiger partial charge in [0, 0.05) is 10.2 Å². The lowest BCUT2D eigenvalue weighted by Gasteiger charge is -2.05. The van der Waals surface area contributed by atoms with Crippen LogP contribution in [-0.2, 0) is 10.0 Å². The van der Waals surface area contributed by atoms with Gasteiger partial charge >= 0.3 is 0 Å². The molecule has 1 amide bonds. The molecule has 2 rings (SSSR count). The van der Waals surface area contributed by atoms with Crippen molar-refractivity contribution in [1.29, 1.82) is 0 Å². The highest BCUT2D eigenvalue weighted by atomic mass is 79.9. The third-order valence-corrected chi connectivity index (χ3v) is 4.36. The predicted molar refractivity (Wildman–Crippen MR) is 88.5 cm³/mol. The first-order chi connectivity index (χ1) is 10.8. The number of carbonyl (C=O) groups is 1. The summed E-state index contributed by atoms with van der Waals surface area (Å²) < 4.78 is 38.9. The zero-order valence-electron chi connectivity index (χ0n) is 12.0. The number of hydrogen-bond donors (Lipinski definition) is 1. The van der Waals surface area contributed by atoms with Gasteiger partial charge in [-0.05, 0) is 59.3 Å². The van der Waals surface area contributed by atoms with E-state index >= 15 is 0 Å². The van der Waals surface area contributed by atoms with E-state index in [1.54, 1.807) is 25.1 Å². The molecule has 0 saturated carbocycles. The fourth-order valence-corrected chi connectivity index (χ4v) is 2.99. The van der Waals surface area contributed by atoms with Gasteiger partial charge in [0.2, 0.25) is 0 Å². The largest absolute Gasteiger partial charge is 0.268 e. The minimum Gasteiger partial charge on any atom is -0.268 e. The number of halogens is 2. The van der Waals surface area contributed by atoms with Crippen LogP contribution in [-0.4, -0.2) is 19.3 Å². The van der Waals surface area contributed by atoms with Crippen LogP contribution in [0.4, 0.5) is 4.39 Å². The highest BCUT2D eigenvalue weighted by molar-refractivity contribution is 9.10. The van der Waals surface area contributed by atoms with Gasteiger partial charge in [-0.1, -0.05) is 6.07 Å². The van der Waals surface area contributed by atoms with Crippen LogP contribution >= 0.6 is 15.9 Å². The minimum atomic E-state index is -4.00. The van der Waals surface area contributed by atoms with Gasteiger partial charge < -0.3 is 0 Å². The lowest BCUT2D eigenvalue weighted by Crippen LogP contribution is -2.29. The maximum atomic E-state index is 13.0. The highest BCUT2D eigenvalue weighted by Gasteiger charge is 2.16. The molecule has 0 bridgehead atoms. The molecule has 0 aliphatic heterocycles. The summed E-state index contributed by atoms with van der Waals surface area (Å²) in [5.74, 6) is -1.40. The average Bonchev–Trinajstić information content (AvgIpc) is 2.44. The van der Waals surface area contributed by atoms with Crippen molar-refractivity contribution < 1.29 is 17.6 Å². The number of benzene rings is 1. The van der Waals surface area contributed by atoms with E-state index in [1.807, 2.05) is 4.72 Å². The minimum absolute atomic E-state index is 0.0112. The molecule has 0 unspecified atom stereocenters. The van der Waals surface area contributed by atoms with Crippen LogP contribution in [0.15, 0.2) is 46.3 Å². The Bertz CT molecular complexity index is 882. The fourth-order valence-electron chi connectivity index (χ4n) is 1.71. The Morgan fingerprint density at radius 1 is 1.30 bits per heavy atom. The van der Waals surface area contributed by atoms with Crippen LogP contribution in [0, 0.1) is 12.7 Å². The van der Waals surface area contributed by atoms with Crippen molar-refractivity contribution in [2.24, 2.45) is 0 Å². The van der Waals surface area contributed by atoms with Gasteiger partial charge in [0.1, 0.15) is 5.82 Å². The van der Waals surface area contributed by atoms with Crippen molar-refractivity contribution in [3.05, 3.63) is 69.0 Å². The standard InChI is InChI=1S/C15H12BrFN2O3S/c1-10-3-2-4-12(18-10)7-8-23(21,22)19-15(20)13-6-5-11(17)9-14(13)16/h2-9H,1H3,(H,19,20)/b8-7+. The molecule has 23 heavy (non-hydrogen) atoms. The number of amides is 1. The van der Waals surface area contributed by atoms with Crippen molar-refractivity contribution in [3.8, 4) is 0 Å². The first-order valence-corrected chi connectivity index (χ1v) is 8.75. The van der Waals surface area contributed by atoms with E-state index in [9.17, 15) is 17.6 Å². The van der Waals surface area contributed by atoms with E-state index < -0.39 is 21.7 Å². The van der Waals surface area contributed by atoms with E-state index in [2.05, 4.69) is 20.9 Å². The zero-order chi connectivity index (χ0) is 17.0. The first-order valence-electron chi connectivity index (χ1n) is 6.41. The van der Waals surface area contributed by atoms with Crippen LogP contribution in [0.2, 0.25) is 0 Å². The molecule has 0 aliphatic rings. The van der Waals surface area contributed by atoms with Crippen LogP contribution in [0.5, 0.6) is 0 Å². The molecule has 2 aromatic rings. The van der Waals surface area contributed by atoms with Gasteiger partial charge in [0.25, 0.3) is 15.9 Å². The highest BCUT2D eigenvalue weighted by Crippen LogP contribution is 2.18. The molecule has 1 heterocycles.